The standard InChI is InChI=1S/C59H47N/c1-57(2)49-28-16-13-25-44(49)47-36-41(31-33-51(47)57)60(42-32-34-52-48(37-42)45-26-14-17-29-50(45)58(52,3)4)56-43-24-12-11-19-38(43)35-54-55(56)46-27-15-18-30-53(46)59(54,39-20-7-5-8-21-39)40-22-9-6-10-23-40/h5-17,19-29,31-37H,18,30H2,1-4H3. The molecule has 0 fully saturated rings. The Bertz CT molecular complexity index is 2990. The second kappa shape index (κ2) is 12.7. The van der Waals surface area contributed by atoms with Crippen LogP contribution >= 0.6 is 0 Å². The van der Waals surface area contributed by atoms with Gasteiger partial charge in [-0.3, -0.25) is 0 Å². The van der Waals surface area contributed by atoms with Crippen molar-refractivity contribution in [3.63, 3.8) is 0 Å². The van der Waals surface area contributed by atoms with Crippen LogP contribution in [0.5, 0.6) is 0 Å². The number of benzene rings is 8. The first kappa shape index (κ1) is 35.3. The minimum atomic E-state index is -0.454. The van der Waals surface area contributed by atoms with Crippen LogP contribution in [0, 0.1) is 0 Å². The molecule has 0 atom stereocenters. The third kappa shape index (κ3) is 4.64. The highest BCUT2D eigenvalue weighted by atomic mass is 15.1. The molecule has 0 amide bonds. The van der Waals surface area contributed by atoms with Crippen LogP contribution < -0.4 is 4.90 Å². The van der Waals surface area contributed by atoms with Crippen LogP contribution in [0.4, 0.5) is 17.1 Å². The van der Waals surface area contributed by atoms with E-state index >= 15 is 0 Å². The molecule has 0 bridgehead atoms. The van der Waals surface area contributed by atoms with Crippen molar-refractivity contribution in [3.8, 4) is 22.3 Å². The van der Waals surface area contributed by atoms with Gasteiger partial charge >= 0.3 is 0 Å². The predicted molar refractivity (Wildman–Crippen MR) is 252 cm³/mol. The van der Waals surface area contributed by atoms with E-state index in [0.717, 1.165) is 12.8 Å². The number of rotatable bonds is 5. The summed E-state index contributed by atoms with van der Waals surface area (Å²) < 4.78 is 0. The zero-order valence-corrected chi connectivity index (χ0v) is 34.8. The molecule has 0 radical (unpaired) electrons. The molecular weight excluding hydrogens is 723 g/mol. The minimum Gasteiger partial charge on any atom is -0.309 e. The first-order chi connectivity index (χ1) is 29.3. The average molecular weight is 770 g/mol. The van der Waals surface area contributed by atoms with Gasteiger partial charge in [0.25, 0.3) is 0 Å². The van der Waals surface area contributed by atoms with E-state index in [-0.39, 0.29) is 10.8 Å². The fourth-order valence-electron chi connectivity index (χ4n) is 11.9. The molecule has 0 spiro atoms. The molecule has 0 heterocycles. The van der Waals surface area contributed by atoms with Gasteiger partial charge in [0.1, 0.15) is 0 Å². The second-order valence-corrected chi connectivity index (χ2v) is 18.3. The van der Waals surface area contributed by atoms with Gasteiger partial charge in [0, 0.05) is 33.2 Å². The van der Waals surface area contributed by atoms with Gasteiger partial charge in [-0.05, 0) is 121 Å². The Morgan fingerprint density at radius 1 is 0.450 bits per heavy atom. The Kier molecular flexibility index (Phi) is 7.44. The fourth-order valence-corrected chi connectivity index (χ4v) is 11.9. The van der Waals surface area contributed by atoms with Crippen molar-refractivity contribution in [2.45, 2.75) is 56.8 Å². The first-order valence-corrected chi connectivity index (χ1v) is 21.7. The SMILES string of the molecule is CC1(C)c2ccccc2-c2cc(N(c3ccc4c(c3)-c3ccccc3C4(C)C)c3c4c(cc5ccccc35)C(c3ccccc3)(c3ccccc3)C3=C4C=CCC3)ccc21. The Morgan fingerprint density at radius 2 is 0.950 bits per heavy atom. The van der Waals surface area contributed by atoms with Gasteiger partial charge in [-0.15, -0.1) is 0 Å². The summed E-state index contributed by atoms with van der Waals surface area (Å²) in [5.74, 6) is 0. The molecule has 0 saturated heterocycles. The van der Waals surface area contributed by atoms with E-state index in [0.29, 0.717) is 0 Å². The van der Waals surface area contributed by atoms with Crippen molar-refractivity contribution in [3.05, 3.63) is 238 Å². The third-order valence-electron chi connectivity index (χ3n) is 14.6. The van der Waals surface area contributed by atoms with E-state index in [1.54, 1.807) is 0 Å². The molecular formula is C59H47N. The van der Waals surface area contributed by atoms with Gasteiger partial charge < -0.3 is 4.90 Å². The summed E-state index contributed by atoms with van der Waals surface area (Å²) >= 11 is 0. The van der Waals surface area contributed by atoms with E-state index < -0.39 is 5.41 Å². The van der Waals surface area contributed by atoms with Gasteiger partial charge in [0.05, 0.1) is 11.1 Å². The summed E-state index contributed by atoms with van der Waals surface area (Å²) in [6, 6.07) is 66.9. The zero-order chi connectivity index (χ0) is 40.4. The van der Waals surface area contributed by atoms with Crippen LogP contribution in [0.25, 0.3) is 38.6 Å². The number of fused-ring (bicyclic) bond motifs is 9. The van der Waals surface area contributed by atoms with Crippen molar-refractivity contribution < 1.29 is 0 Å². The lowest BCUT2D eigenvalue weighted by Crippen LogP contribution is -2.30. The monoisotopic (exact) mass is 769 g/mol. The van der Waals surface area contributed by atoms with Crippen LogP contribution in [0.3, 0.4) is 0 Å². The lowest BCUT2D eigenvalue weighted by Gasteiger charge is -2.37. The highest BCUT2D eigenvalue weighted by Crippen LogP contribution is 2.62. The highest BCUT2D eigenvalue weighted by molar-refractivity contribution is 6.10. The second-order valence-electron chi connectivity index (χ2n) is 18.3. The van der Waals surface area contributed by atoms with Gasteiger partial charge in [0.2, 0.25) is 0 Å². The van der Waals surface area contributed by atoms with Gasteiger partial charge in [-0.1, -0.05) is 185 Å². The molecule has 288 valence electrons. The van der Waals surface area contributed by atoms with E-state index in [4.69, 9.17) is 0 Å². The van der Waals surface area contributed by atoms with E-state index in [1.165, 1.54) is 106 Å². The summed E-state index contributed by atoms with van der Waals surface area (Å²) in [6.07, 6.45) is 6.87. The average Bonchev–Trinajstić information content (AvgIpc) is 3.81. The number of nitrogens with zero attached hydrogens (tertiary/aromatic N) is 1. The lowest BCUT2D eigenvalue weighted by molar-refractivity contribution is 0.660. The maximum absolute atomic E-state index is 2.63. The lowest BCUT2D eigenvalue weighted by atomic mass is 9.65. The van der Waals surface area contributed by atoms with Crippen molar-refractivity contribution in [1.82, 2.24) is 0 Å². The number of anilines is 3. The Hall–Kier alpha value is -6.70. The minimum absolute atomic E-state index is 0.0869. The Morgan fingerprint density at radius 3 is 1.53 bits per heavy atom. The molecule has 0 aliphatic heterocycles. The molecule has 4 aliphatic carbocycles. The Balaban J connectivity index is 1.22. The maximum Gasteiger partial charge on any atom is 0.0677 e. The number of hydrogen-bond donors (Lipinski definition) is 0. The van der Waals surface area contributed by atoms with Crippen molar-refractivity contribution in [1.29, 1.82) is 0 Å². The van der Waals surface area contributed by atoms with Crippen LogP contribution in [0.1, 0.15) is 85.0 Å². The molecule has 8 aromatic rings. The molecule has 8 aromatic carbocycles. The largest absolute Gasteiger partial charge is 0.309 e. The fraction of sp³-hybridized carbons (Fsp3) is 0.153. The van der Waals surface area contributed by atoms with Gasteiger partial charge in [-0.25, -0.2) is 0 Å². The van der Waals surface area contributed by atoms with Gasteiger partial charge in [-0.2, -0.15) is 0 Å². The van der Waals surface area contributed by atoms with Crippen LogP contribution in [0.15, 0.2) is 194 Å². The number of allylic oxidation sites excluding steroid dienone is 4. The van der Waals surface area contributed by atoms with Gasteiger partial charge in [0.15, 0.2) is 0 Å². The van der Waals surface area contributed by atoms with Crippen molar-refractivity contribution >= 4 is 33.4 Å². The van der Waals surface area contributed by atoms with E-state index in [1.807, 2.05) is 0 Å². The molecule has 1 nitrogen and oxygen atoms in total. The smallest absolute Gasteiger partial charge is 0.0677 e. The predicted octanol–water partition coefficient (Wildman–Crippen LogP) is 15.4. The summed E-state index contributed by atoms with van der Waals surface area (Å²) in [6.45, 7) is 9.51. The molecule has 0 aromatic heterocycles. The summed E-state index contributed by atoms with van der Waals surface area (Å²) in [5.41, 5.74) is 22.0. The normalized spacial score (nSPS) is 16.8. The maximum atomic E-state index is 2.63. The summed E-state index contributed by atoms with van der Waals surface area (Å²) in [7, 11) is 0. The third-order valence-corrected chi connectivity index (χ3v) is 14.6. The summed E-state index contributed by atoms with van der Waals surface area (Å²) in [4.78, 5) is 2.63. The quantitative estimate of drug-likeness (QED) is 0.169. The summed E-state index contributed by atoms with van der Waals surface area (Å²) in [5, 5.41) is 2.50. The van der Waals surface area contributed by atoms with E-state index in [2.05, 4.69) is 221 Å². The molecule has 0 saturated carbocycles. The molecule has 4 aliphatic rings. The van der Waals surface area contributed by atoms with E-state index in [9.17, 15) is 0 Å². The molecule has 12 rings (SSSR count). The van der Waals surface area contributed by atoms with Crippen LogP contribution in [-0.2, 0) is 16.2 Å². The topological polar surface area (TPSA) is 3.24 Å². The highest BCUT2D eigenvalue weighted by Gasteiger charge is 2.49. The Labute approximate surface area is 354 Å². The molecule has 0 unspecified atom stereocenters. The van der Waals surface area contributed by atoms with Crippen LogP contribution in [0.2, 0.25) is 0 Å². The number of hydrogen-bond acceptors (Lipinski definition) is 1. The van der Waals surface area contributed by atoms with Crippen molar-refractivity contribution in [2.75, 3.05) is 4.90 Å². The molecule has 0 N–H and O–H groups in total. The van der Waals surface area contributed by atoms with Crippen LogP contribution in [-0.4, -0.2) is 0 Å². The first-order valence-electron chi connectivity index (χ1n) is 21.7. The zero-order valence-electron chi connectivity index (χ0n) is 34.8. The molecule has 60 heavy (non-hydrogen) atoms. The molecule has 1 heteroatoms. The van der Waals surface area contributed by atoms with Crippen molar-refractivity contribution in [2.24, 2.45) is 0 Å².